The molecule has 0 spiro atoms. The van der Waals surface area contributed by atoms with Gasteiger partial charge < -0.3 is 9.84 Å². The highest BCUT2D eigenvalue weighted by Crippen LogP contribution is 2.31. The van der Waals surface area contributed by atoms with Crippen molar-refractivity contribution >= 4 is 11.6 Å². The molecule has 110 valence electrons. The van der Waals surface area contributed by atoms with Crippen molar-refractivity contribution in [1.82, 2.24) is 9.88 Å². The molecule has 0 aromatic carbocycles. The quantitative estimate of drug-likeness (QED) is 0.928. The standard InChI is InChI=1S/C15H21ClN2O2/c16-13-8-17-5-3-11(13)9-18-6-1-2-14(18)12-10-20-7-4-15(12)19/h3,5,8,12,14-15,19H,1-2,4,6-7,9-10H2/t12-,14+,15-/m1/s1. The molecule has 0 saturated carbocycles. The summed E-state index contributed by atoms with van der Waals surface area (Å²) in [5.41, 5.74) is 1.11. The lowest BCUT2D eigenvalue weighted by molar-refractivity contribution is -0.0636. The van der Waals surface area contributed by atoms with Crippen molar-refractivity contribution in [3.8, 4) is 0 Å². The van der Waals surface area contributed by atoms with Gasteiger partial charge in [-0.3, -0.25) is 9.88 Å². The molecule has 3 heterocycles. The maximum absolute atomic E-state index is 10.2. The number of aliphatic hydroxyl groups excluding tert-OH is 1. The molecule has 1 aromatic rings. The number of ether oxygens (including phenoxy) is 1. The van der Waals surface area contributed by atoms with Crippen LogP contribution < -0.4 is 0 Å². The zero-order chi connectivity index (χ0) is 13.9. The number of aromatic nitrogens is 1. The molecule has 1 aromatic heterocycles. The number of halogens is 1. The first-order chi connectivity index (χ1) is 9.75. The van der Waals surface area contributed by atoms with Gasteiger partial charge in [0.2, 0.25) is 0 Å². The van der Waals surface area contributed by atoms with E-state index in [0.29, 0.717) is 19.3 Å². The lowest BCUT2D eigenvalue weighted by atomic mass is 9.89. The van der Waals surface area contributed by atoms with Gasteiger partial charge in [-0.1, -0.05) is 11.6 Å². The van der Waals surface area contributed by atoms with Crippen LogP contribution >= 0.6 is 11.6 Å². The fourth-order valence-corrected chi connectivity index (χ4v) is 3.58. The van der Waals surface area contributed by atoms with Gasteiger partial charge >= 0.3 is 0 Å². The number of rotatable bonds is 3. The van der Waals surface area contributed by atoms with E-state index in [1.54, 1.807) is 12.4 Å². The predicted octanol–water partition coefficient (Wildman–Crippen LogP) is 2.10. The normalized spacial score (nSPS) is 31.6. The molecular formula is C15H21ClN2O2. The van der Waals surface area contributed by atoms with Crippen molar-refractivity contribution in [2.75, 3.05) is 19.8 Å². The summed E-state index contributed by atoms with van der Waals surface area (Å²) in [5.74, 6) is 0.229. The second kappa shape index (κ2) is 6.39. The van der Waals surface area contributed by atoms with E-state index in [9.17, 15) is 5.11 Å². The first-order valence-corrected chi connectivity index (χ1v) is 7.72. The molecule has 2 aliphatic heterocycles. The van der Waals surface area contributed by atoms with Crippen LogP contribution in [0.15, 0.2) is 18.5 Å². The SMILES string of the molecule is O[C@@H]1CCOC[C@@H]1[C@@H]1CCCN1Cc1ccncc1Cl. The third-order valence-electron chi connectivity index (χ3n) is 4.50. The van der Waals surface area contributed by atoms with Crippen LogP contribution in [0.25, 0.3) is 0 Å². The Morgan fingerprint density at radius 2 is 2.35 bits per heavy atom. The van der Waals surface area contributed by atoms with Gasteiger partial charge in [0, 0.05) is 37.5 Å². The molecule has 0 radical (unpaired) electrons. The van der Waals surface area contributed by atoms with Gasteiger partial charge in [0.15, 0.2) is 0 Å². The Labute approximate surface area is 124 Å². The Morgan fingerprint density at radius 3 is 3.15 bits per heavy atom. The molecule has 3 atom stereocenters. The fraction of sp³-hybridized carbons (Fsp3) is 0.667. The van der Waals surface area contributed by atoms with Crippen molar-refractivity contribution in [2.24, 2.45) is 5.92 Å². The van der Waals surface area contributed by atoms with Crippen LogP contribution in [0.1, 0.15) is 24.8 Å². The van der Waals surface area contributed by atoms with Crippen LogP contribution in [0.3, 0.4) is 0 Å². The summed E-state index contributed by atoms with van der Waals surface area (Å²) in [5, 5.41) is 10.9. The van der Waals surface area contributed by atoms with Crippen LogP contribution in [0.4, 0.5) is 0 Å². The molecule has 0 unspecified atom stereocenters. The Morgan fingerprint density at radius 1 is 1.45 bits per heavy atom. The average molecular weight is 297 g/mol. The number of nitrogens with zero attached hydrogens (tertiary/aromatic N) is 2. The van der Waals surface area contributed by atoms with E-state index in [1.165, 1.54) is 6.42 Å². The zero-order valence-electron chi connectivity index (χ0n) is 11.5. The van der Waals surface area contributed by atoms with Gasteiger partial charge in [0.1, 0.15) is 0 Å². The minimum atomic E-state index is -0.234. The first kappa shape index (κ1) is 14.3. The summed E-state index contributed by atoms with van der Waals surface area (Å²) in [6.45, 7) is 3.24. The van der Waals surface area contributed by atoms with Crippen molar-refractivity contribution in [3.05, 3.63) is 29.0 Å². The lowest BCUT2D eigenvalue weighted by Gasteiger charge is -2.37. The van der Waals surface area contributed by atoms with Gasteiger partial charge in [0.05, 0.1) is 17.7 Å². The zero-order valence-corrected chi connectivity index (χ0v) is 12.3. The molecule has 20 heavy (non-hydrogen) atoms. The van der Waals surface area contributed by atoms with Gasteiger partial charge in [-0.2, -0.15) is 0 Å². The summed E-state index contributed by atoms with van der Waals surface area (Å²) in [7, 11) is 0. The van der Waals surface area contributed by atoms with Gasteiger partial charge in [-0.15, -0.1) is 0 Å². The smallest absolute Gasteiger partial charge is 0.0634 e. The van der Waals surface area contributed by atoms with Gasteiger partial charge in [-0.05, 0) is 37.4 Å². The monoisotopic (exact) mass is 296 g/mol. The van der Waals surface area contributed by atoms with Crippen LogP contribution in [-0.2, 0) is 11.3 Å². The number of hydrogen-bond acceptors (Lipinski definition) is 4. The Kier molecular flexibility index (Phi) is 4.56. The van der Waals surface area contributed by atoms with Crippen LogP contribution in [-0.4, -0.2) is 46.9 Å². The minimum Gasteiger partial charge on any atom is -0.393 e. The molecule has 2 fully saturated rings. The highest BCUT2D eigenvalue weighted by Gasteiger charge is 2.37. The fourth-order valence-electron chi connectivity index (χ4n) is 3.40. The van der Waals surface area contributed by atoms with E-state index >= 15 is 0 Å². The molecule has 0 bridgehead atoms. The highest BCUT2D eigenvalue weighted by molar-refractivity contribution is 6.31. The maximum atomic E-state index is 10.2. The van der Waals surface area contributed by atoms with Crippen LogP contribution in [0.5, 0.6) is 0 Å². The van der Waals surface area contributed by atoms with Gasteiger partial charge in [-0.25, -0.2) is 0 Å². The third-order valence-corrected chi connectivity index (χ3v) is 4.84. The predicted molar refractivity (Wildman–Crippen MR) is 77.6 cm³/mol. The summed E-state index contributed by atoms with van der Waals surface area (Å²) in [6, 6.07) is 2.38. The molecule has 5 heteroatoms. The molecule has 0 aliphatic carbocycles. The van der Waals surface area contributed by atoms with E-state index in [1.807, 2.05) is 6.07 Å². The average Bonchev–Trinajstić information content (AvgIpc) is 2.90. The van der Waals surface area contributed by atoms with E-state index in [4.69, 9.17) is 16.3 Å². The van der Waals surface area contributed by atoms with Gasteiger partial charge in [0.25, 0.3) is 0 Å². The first-order valence-electron chi connectivity index (χ1n) is 7.34. The van der Waals surface area contributed by atoms with Crippen molar-refractivity contribution in [3.63, 3.8) is 0 Å². The minimum absolute atomic E-state index is 0.229. The van der Waals surface area contributed by atoms with E-state index in [2.05, 4.69) is 9.88 Å². The molecule has 1 N–H and O–H groups in total. The Hall–Kier alpha value is -0.680. The summed E-state index contributed by atoms with van der Waals surface area (Å²) < 4.78 is 5.56. The summed E-state index contributed by atoms with van der Waals surface area (Å²) >= 11 is 6.20. The van der Waals surface area contributed by atoms with Crippen molar-refractivity contribution in [1.29, 1.82) is 0 Å². The third kappa shape index (κ3) is 2.98. The van der Waals surface area contributed by atoms with Crippen LogP contribution in [0, 0.1) is 5.92 Å². The number of aliphatic hydroxyl groups is 1. The van der Waals surface area contributed by atoms with E-state index < -0.39 is 0 Å². The second-order valence-electron chi connectivity index (χ2n) is 5.74. The van der Waals surface area contributed by atoms with E-state index in [0.717, 1.165) is 36.5 Å². The second-order valence-corrected chi connectivity index (χ2v) is 6.15. The highest BCUT2D eigenvalue weighted by atomic mass is 35.5. The topological polar surface area (TPSA) is 45.6 Å². The lowest BCUT2D eigenvalue weighted by Crippen LogP contribution is -2.45. The van der Waals surface area contributed by atoms with Crippen molar-refractivity contribution in [2.45, 2.75) is 38.0 Å². The molecule has 0 amide bonds. The molecule has 2 aliphatic rings. The van der Waals surface area contributed by atoms with Crippen molar-refractivity contribution < 1.29 is 9.84 Å². The summed E-state index contributed by atoms with van der Waals surface area (Å²) in [6.07, 6.45) is 6.31. The Bertz CT molecular complexity index is 457. The van der Waals surface area contributed by atoms with Crippen LogP contribution in [0.2, 0.25) is 5.02 Å². The largest absolute Gasteiger partial charge is 0.393 e. The number of pyridine rings is 1. The number of likely N-dealkylation sites (tertiary alicyclic amines) is 1. The maximum Gasteiger partial charge on any atom is 0.0634 e. The molecule has 4 nitrogen and oxygen atoms in total. The summed E-state index contributed by atoms with van der Waals surface area (Å²) in [4.78, 5) is 6.46. The molecule has 3 rings (SSSR count). The Balaban J connectivity index is 1.71. The van der Waals surface area contributed by atoms with E-state index in [-0.39, 0.29) is 12.0 Å². The number of hydrogen-bond donors (Lipinski definition) is 1. The molecule has 2 saturated heterocycles. The molecular weight excluding hydrogens is 276 g/mol.